The lowest BCUT2D eigenvalue weighted by atomic mass is 9.83. The fraction of sp³-hybridized carbons (Fsp3) is 0.441. The number of hydrogen-bond acceptors (Lipinski definition) is 4. The summed E-state index contributed by atoms with van der Waals surface area (Å²) in [5.41, 5.74) is 11.4. The Morgan fingerprint density at radius 2 is 1.52 bits per heavy atom. The van der Waals surface area contributed by atoms with Gasteiger partial charge < -0.3 is 16.4 Å². The van der Waals surface area contributed by atoms with E-state index in [4.69, 9.17) is 10.7 Å². The standard InChI is InChI=1S/C34H44N4O2/c1-33(2,3)21-31(40)37-27-17-11-23(12-18-27)19-30(39)38-28-20-29(24-9-7-6-8-10-24)32(36-22-28)25-13-15-26(16-14-25)34(4,5)35/h6-10,13-16,20,22-23,27H,11-12,17-19,21,35H2,1-5H3,(H,37,40)(H,38,39)/t23-,27-. The number of rotatable bonds is 8. The van der Waals surface area contributed by atoms with Crippen molar-refractivity contribution in [3.05, 3.63) is 72.4 Å². The van der Waals surface area contributed by atoms with Crippen molar-refractivity contribution in [2.75, 3.05) is 5.32 Å². The average molecular weight is 541 g/mol. The molecular formula is C34H44N4O2. The fourth-order valence-electron chi connectivity index (χ4n) is 5.40. The van der Waals surface area contributed by atoms with Crippen molar-refractivity contribution in [3.63, 3.8) is 0 Å². The lowest BCUT2D eigenvalue weighted by molar-refractivity contribution is -0.124. The van der Waals surface area contributed by atoms with Crippen LogP contribution >= 0.6 is 0 Å². The Kier molecular flexibility index (Phi) is 9.09. The second-order valence-electron chi connectivity index (χ2n) is 13.1. The highest BCUT2D eigenvalue weighted by molar-refractivity contribution is 5.93. The number of nitrogens with two attached hydrogens (primary N) is 1. The average Bonchev–Trinajstić information content (AvgIpc) is 2.89. The zero-order chi connectivity index (χ0) is 28.9. The highest BCUT2D eigenvalue weighted by atomic mass is 16.2. The van der Waals surface area contributed by atoms with Crippen LogP contribution in [0.25, 0.3) is 22.4 Å². The normalized spacial score (nSPS) is 17.8. The number of carbonyl (C=O) groups is 2. The molecule has 0 aliphatic heterocycles. The Morgan fingerprint density at radius 3 is 2.12 bits per heavy atom. The van der Waals surface area contributed by atoms with E-state index in [2.05, 4.69) is 55.7 Å². The summed E-state index contributed by atoms with van der Waals surface area (Å²) in [7, 11) is 0. The lowest BCUT2D eigenvalue weighted by Crippen LogP contribution is -2.39. The lowest BCUT2D eigenvalue weighted by Gasteiger charge is -2.29. The van der Waals surface area contributed by atoms with Crippen molar-refractivity contribution >= 4 is 17.5 Å². The maximum Gasteiger partial charge on any atom is 0.224 e. The summed E-state index contributed by atoms with van der Waals surface area (Å²) in [6.07, 6.45) is 6.46. The second kappa shape index (κ2) is 12.3. The predicted molar refractivity (Wildman–Crippen MR) is 164 cm³/mol. The first-order valence-corrected chi connectivity index (χ1v) is 14.4. The summed E-state index contributed by atoms with van der Waals surface area (Å²) in [6, 6.07) is 20.5. The molecule has 1 heterocycles. The van der Waals surface area contributed by atoms with Gasteiger partial charge in [0.05, 0.1) is 17.6 Å². The molecule has 1 saturated carbocycles. The predicted octanol–water partition coefficient (Wildman–Crippen LogP) is 7.05. The number of anilines is 1. The number of nitrogens with zero attached hydrogens (tertiary/aromatic N) is 1. The Balaban J connectivity index is 1.41. The molecule has 0 spiro atoms. The van der Waals surface area contributed by atoms with Gasteiger partial charge in [-0.3, -0.25) is 14.6 Å². The summed E-state index contributed by atoms with van der Waals surface area (Å²) < 4.78 is 0. The molecule has 0 radical (unpaired) electrons. The summed E-state index contributed by atoms with van der Waals surface area (Å²) in [5, 5.41) is 6.27. The van der Waals surface area contributed by atoms with Crippen LogP contribution < -0.4 is 16.4 Å². The van der Waals surface area contributed by atoms with E-state index < -0.39 is 5.54 Å². The van der Waals surface area contributed by atoms with Gasteiger partial charge in [-0.15, -0.1) is 0 Å². The van der Waals surface area contributed by atoms with Gasteiger partial charge in [-0.25, -0.2) is 0 Å². The van der Waals surface area contributed by atoms with Crippen molar-refractivity contribution in [2.24, 2.45) is 17.1 Å². The van der Waals surface area contributed by atoms with Crippen LogP contribution in [0.5, 0.6) is 0 Å². The zero-order valence-corrected chi connectivity index (χ0v) is 24.6. The van der Waals surface area contributed by atoms with E-state index in [1.54, 1.807) is 6.20 Å². The van der Waals surface area contributed by atoms with Crippen molar-refractivity contribution in [1.29, 1.82) is 0 Å². The number of carbonyl (C=O) groups excluding carboxylic acids is 2. The summed E-state index contributed by atoms with van der Waals surface area (Å²) in [6.45, 7) is 10.2. The molecule has 2 amide bonds. The summed E-state index contributed by atoms with van der Waals surface area (Å²) in [5.74, 6) is 0.447. The third-order valence-electron chi connectivity index (χ3n) is 7.54. The van der Waals surface area contributed by atoms with Crippen LogP contribution in [0.3, 0.4) is 0 Å². The van der Waals surface area contributed by atoms with Crippen LogP contribution in [-0.4, -0.2) is 22.8 Å². The molecule has 4 rings (SSSR count). The maximum absolute atomic E-state index is 13.0. The van der Waals surface area contributed by atoms with Gasteiger partial charge in [0.2, 0.25) is 11.8 Å². The van der Waals surface area contributed by atoms with Crippen LogP contribution in [0.2, 0.25) is 0 Å². The van der Waals surface area contributed by atoms with E-state index in [-0.39, 0.29) is 23.3 Å². The summed E-state index contributed by atoms with van der Waals surface area (Å²) in [4.78, 5) is 30.1. The van der Waals surface area contributed by atoms with Crippen molar-refractivity contribution in [1.82, 2.24) is 10.3 Å². The van der Waals surface area contributed by atoms with E-state index in [0.717, 1.165) is 53.6 Å². The molecule has 40 heavy (non-hydrogen) atoms. The van der Waals surface area contributed by atoms with Crippen molar-refractivity contribution < 1.29 is 9.59 Å². The Labute approximate surface area is 239 Å². The molecule has 0 saturated heterocycles. The van der Waals surface area contributed by atoms with Crippen LogP contribution in [0.1, 0.15) is 78.7 Å². The molecule has 0 bridgehead atoms. The Hall–Kier alpha value is -3.51. The van der Waals surface area contributed by atoms with E-state index in [1.165, 1.54) is 0 Å². The van der Waals surface area contributed by atoms with Crippen molar-refractivity contribution in [3.8, 4) is 22.4 Å². The zero-order valence-electron chi connectivity index (χ0n) is 24.6. The van der Waals surface area contributed by atoms with Gasteiger partial charge in [-0.1, -0.05) is 75.4 Å². The monoisotopic (exact) mass is 540 g/mol. The van der Waals surface area contributed by atoms with Crippen molar-refractivity contribution in [2.45, 2.75) is 84.7 Å². The van der Waals surface area contributed by atoms with E-state index >= 15 is 0 Å². The van der Waals surface area contributed by atoms with E-state index in [0.29, 0.717) is 24.4 Å². The molecule has 1 fully saturated rings. The van der Waals surface area contributed by atoms with Gasteiger partial charge in [0.1, 0.15) is 0 Å². The van der Waals surface area contributed by atoms with Crippen LogP contribution in [0.15, 0.2) is 66.9 Å². The van der Waals surface area contributed by atoms with Gasteiger partial charge >= 0.3 is 0 Å². The molecular weight excluding hydrogens is 496 g/mol. The molecule has 212 valence electrons. The summed E-state index contributed by atoms with van der Waals surface area (Å²) >= 11 is 0. The molecule has 1 aliphatic rings. The number of pyridine rings is 1. The van der Waals surface area contributed by atoms with E-state index in [1.807, 2.05) is 50.2 Å². The number of benzene rings is 2. The van der Waals surface area contributed by atoms with Crippen LogP contribution in [0.4, 0.5) is 5.69 Å². The fourth-order valence-corrected chi connectivity index (χ4v) is 5.40. The minimum absolute atomic E-state index is 0.00306. The highest BCUT2D eigenvalue weighted by Crippen LogP contribution is 2.34. The SMILES string of the molecule is CC(C)(C)CC(=O)N[C@H]1CC[C@H](CC(=O)Nc2cnc(-c3ccc(C(C)(C)N)cc3)c(-c3ccccc3)c2)CC1. The Bertz CT molecular complexity index is 1300. The molecule has 3 aromatic rings. The van der Waals surface area contributed by atoms with Crippen LogP contribution in [0, 0.1) is 11.3 Å². The van der Waals surface area contributed by atoms with Gasteiger partial charge in [-0.05, 0) is 68.1 Å². The third-order valence-corrected chi connectivity index (χ3v) is 7.54. The molecule has 1 aliphatic carbocycles. The van der Waals surface area contributed by atoms with Gasteiger partial charge in [0.15, 0.2) is 0 Å². The quantitative estimate of drug-likeness (QED) is 0.285. The number of nitrogens with one attached hydrogen (secondary N) is 2. The smallest absolute Gasteiger partial charge is 0.224 e. The Morgan fingerprint density at radius 1 is 0.875 bits per heavy atom. The molecule has 6 nitrogen and oxygen atoms in total. The highest BCUT2D eigenvalue weighted by Gasteiger charge is 2.26. The van der Waals surface area contributed by atoms with Gasteiger partial charge in [0.25, 0.3) is 0 Å². The molecule has 1 aromatic heterocycles. The van der Waals surface area contributed by atoms with E-state index in [9.17, 15) is 9.59 Å². The number of hydrogen-bond donors (Lipinski definition) is 3. The minimum atomic E-state index is -0.415. The third kappa shape index (κ3) is 8.25. The molecule has 0 atom stereocenters. The topological polar surface area (TPSA) is 97.1 Å². The number of amides is 2. The molecule has 2 aromatic carbocycles. The number of aromatic nitrogens is 1. The first kappa shape index (κ1) is 29.5. The van der Waals surface area contributed by atoms with Crippen LogP contribution in [-0.2, 0) is 15.1 Å². The molecule has 4 N–H and O–H groups in total. The molecule has 6 heteroatoms. The first-order valence-electron chi connectivity index (χ1n) is 14.4. The van der Waals surface area contributed by atoms with Gasteiger partial charge in [-0.2, -0.15) is 0 Å². The van der Waals surface area contributed by atoms with Gasteiger partial charge in [0, 0.05) is 35.5 Å². The maximum atomic E-state index is 13.0. The first-order chi connectivity index (χ1) is 18.9. The minimum Gasteiger partial charge on any atom is -0.353 e. The molecule has 0 unspecified atom stereocenters. The second-order valence-corrected chi connectivity index (χ2v) is 13.1. The largest absolute Gasteiger partial charge is 0.353 e.